The molecule has 0 spiro atoms. The Kier molecular flexibility index (Phi) is 2.55. The Bertz CT molecular complexity index is 361. The number of nitrogen functional groups attached to an aromatic ring is 1. The molecule has 1 heterocycles. The van der Waals surface area contributed by atoms with E-state index in [1.165, 1.54) is 10.9 Å². The minimum absolute atomic E-state index is 0.188. The summed E-state index contributed by atoms with van der Waals surface area (Å²) in [5.74, 6) is 2.32. The Hall–Kier alpha value is -1.96. The number of nitrogens with one attached hydrogen (secondary N) is 1. The molecule has 0 fully saturated rings. The van der Waals surface area contributed by atoms with E-state index in [-0.39, 0.29) is 12.5 Å². The third-order valence-corrected chi connectivity index (χ3v) is 1.58. The van der Waals surface area contributed by atoms with Crippen molar-refractivity contribution in [3.63, 3.8) is 0 Å². The average molecular weight is 178 g/mol. The molecule has 0 aliphatic heterocycles. The van der Waals surface area contributed by atoms with Crippen molar-refractivity contribution in [3.05, 3.63) is 11.8 Å². The molecule has 3 N–H and O–H groups in total. The van der Waals surface area contributed by atoms with Gasteiger partial charge < -0.3 is 11.1 Å². The summed E-state index contributed by atoms with van der Waals surface area (Å²) in [6.45, 7) is 0.188. The Morgan fingerprint density at radius 2 is 2.62 bits per heavy atom. The van der Waals surface area contributed by atoms with Crippen molar-refractivity contribution in [2.75, 3.05) is 12.3 Å². The fourth-order valence-electron chi connectivity index (χ4n) is 0.848. The van der Waals surface area contributed by atoms with Crippen molar-refractivity contribution in [1.82, 2.24) is 15.1 Å². The standard InChI is InChI=1S/C8H10N4O/c1-3-4-10-8(13)6-5-11-12(2)7(6)9/h1,5H,4,9H2,2H3,(H,10,13). The molecular weight excluding hydrogens is 168 g/mol. The number of hydrogen-bond acceptors (Lipinski definition) is 3. The highest BCUT2D eigenvalue weighted by atomic mass is 16.1. The van der Waals surface area contributed by atoms with E-state index >= 15 is 0 Å². The van der Waals surface area contributed by atoms with E-state index in [1.807, 2.05) is 0 Å². The molecule has 5 heteroatoms. The van der Waals surface area contributed by atoms with Gasteiger partial charge in [0.2, 0.25) is 0 Å². The van der Waals surface area contributed by atoms with Gasteiger partial charge in [0.05, 0.1) is 12.7 Å². The molecular formula is C8H10N4O. The van der Waals surface area contributed by atoms with Crippen LogP contribution in [0.25, 0.3) is 0 Å². The van der Waals surface area contributed by atoms with Crippen LogP contribution in [-0.4, -0.2) is 22.2 Å². The van der Waals surface area contributed by atoms with Crippen LogP contribution < -0.4 is 11.1 Å². The highest BCUT2D eigenvalue weighted by molar-refractivity contribution is 5.98. The van der Waals surface area contributed by atoms with E-state index in [0.29, 0.717) is 11.4 Å². The number of carbonyl (C=O) groups excluding carboxylic acids is 1. The maximum atomic E-state index is 11.3. The van der Waals surface area contributed by atoms with Gasteiger partial charge in [-0.3, -0.25) is 9.48 Å². The minimum atomic E-state index is -0.302. The molecule has 1 aromatic heterocycles. The summed E-state index contributed by atoms with van der Waals surface area (Å²) in [7, 11) is 1.66. The number of nitrogens with zero attached hydrogens (tertiary/aromatic N) is 2. The Labute approximate surface area is 75.9 Å². The highest BCUT2D eigenvalue weighted by Crippen LogP contribution is 2.07. The SMILES string of the molecule is C#CCNC(=O)c1cnn(C)c1N. The molecule has 0 radical (unpaired) electrons. The zero-order valence-electron chi connectivity index (χ0n) is 7.24. The summed E-state index contributed by atoms with van der Waals surface area (Å²) < 4.78 is 1.42. The maximum Gasteiger partial charge on any atom is 0.257 e. The minimum Gasteiger partial charge on any atom is -0.383 e. The first-order chi connectivity index (χ1) is 6.16. The van der Waals surface area contributed by atoms with Gasteiger partial charge in [0.1, 0.15) is 11.4 Å². The zero-order valence-corrected chi connectivity index (χ0v) is 7.24. The number of carbonyl (C=O) groups is 1. The lowest BCUT2D eigenvalue weighted by molar-refractivity contribution is 0.0959. The summed E-state index contributed by atoms with van der Waals surface area (Å²) in [6.07, 6.45) is 6.39. The average Bonchev–Trinajstić information content (AvgIpc) is 2.44. The summed E-state index contributed by atoms with van der Waals surface area (Å²) in [6, 6.07) is 0. The van der Waals surface area contributed by atoms with Crippen LogP contribution in [0.1, 0.15) is 10.4 Å². The number of rotatable bonds is 2. The lowest BCUT2D eigenvalue weighted by Gasteiger charge is -1.99. The van der Waals surface area contributed by atoms with Crippen LogP contribution in [0, 0.1) is 12.3 Å². The summed E-state index contributed by atoms with van der Waals surface area (Å²) in [4.78, 5) is 11.3. The van der Waals surface area contributed by atoms with Gasteiger partial charge >= 0.3 is 0 Å². The molecule has 1 rings (SSSR count). The van der Waals surface area contributed by atoms with Gasteiger partial charge in [-0.25, -0.2) is 0 Å². The Morgan fingerprint density at radius 1 is 1.92 bits per heavy atom. The van der Waals surface area contributed by atoms with Gasteiger partial charge in [-0.05, 0) is 0 Å². The molecule has 0 aliphatic rings. The van der Waals surface area contributed by atoms with E-state index in [9.17, 15) is 4.79 Å². The van der Waals surface area contributed by atoms with Gasteiger partial charge in [0, 0.05) is 7.05 Å². The van der Waals surface area contributed by atoms with Gasteiger partial charge in [0.25, 0.3) is 5.91 Å². The second-order valence-corrected chi connectivity index (χ2v) is 2.45. The molecule has 0 saturated heterocycles. The van der Waals surface area contributed by atoms with E-state index in [0.717, 1.165) is 0 Å². The lowest BCUT2D eigenvalue weighted by atomic mass is 10.3. The zero-order chi connectivity index (χ0) is 9.84. The van der Waals surface area contributed by atoms with Crippen LogP contribution in [0.2, 0.25) is 0 Å². The molecule has 1 amide bonds. The topological polar surface area (TPSA) is 72.9 Å². The lowest BCUT2D eigenvalue weighted by Crippen LogP contribution is -2.24. The Morgan fingerprint density at radius 3 is 3.08 bits per heavy atom. The molecule has 1 aromatic rings. The van der Waals surface area contributed by atoms with Crippen molar-refractivity contribution in [2.45, 2.75) is 0 Å². The first-order valence-corrected chi connectivity index (χ1v) is 3.66. The van der Waals surface area contributed by atoms with Crippen LogP contribution in [0.5, 0.6) is 0 Å². The quantitative estimate of drug-likeness (QED) is 0.592. The highest BCUT2D eigenvalue weighted by Gasteiger charge is 2.11. The number of anilines is 1. The molecule has 5 nitrogen and oxygen atoms in total. The second kappa shape index (κ2) is 3.63. The molecule has 0 unspecified atom stereocenters. The molecule has 0 saturated carbocycles. The third-order valence-electron chi connectivity index (χ3n) is 1.58. The van der Waals surface area contributed by atoms with Gasteiger partial charge in [-0.1, -0.05) is 5.92 Å². The number of aromatic nitrogens is 2. The van der Waals surface area contributed by atoms with Crippen molar-refractivity contribution in [2.24, 2.45) is 7.05 Å². The third kappa shape index (κ3) is 1.79. The normalized spacial score (nSPS) is 9.23. The molecule has 0 atom stereocenters. The first-order valence-electron chi connectivity index (χ1n) is 3.66. The molecule has 13 heavy (non-hydrogen) atoms. The smallest absolute Gasteiger partial charge is 0.257 e. The summed E-state index contributed by atoms with van der Waals surface area (Å²) >= 11 is 0. The monoisotopic (exact) mass is 178 g/mol. The number of nitrogens with two attached hydrogens (primary N) is 1. The molecule has 0 aromatic carbocycles. The van der Waals surface area contributed by atoms with Crippen LogP contribution in [-0.2, 0) is 7.05 Å². The van der Waals surface area contributed by atoms with Gasteiger partial charge in [-0.15, -0.1) is 6.42 Å². The van der Waals surface area contributed by atoms with E-state index in [1.54, 1.807) is 7.05 Å². The van der Waals surface area contributed by atoms with Gasteiger partial charge in [-0.2, -0.15) is 5.10 Å². The van der Waals surface area contributed by atoms with Crippen LogP contribution in [0.4, 0.5) is 5.82 Å². The number of aryl methyl sites for hydroxylation is 1. The number of hydrogen-bond donors (Lipinski definition) is 2. The number of terminal acetylenes is 1. The largest absolute Gasteiger partial charge is 0.383 e. The van der Waals surface area contributed by atoms with Crippen molar-refractivity contribution >= 4 is 11.7 Å². The maximum absolute atomic E-state index is 11.3. The van der Waals surface area contributed by atoms with Crippen molar-refractivity contribution in [1.29, 1.82) is 0 Å². The first kappa shape index (κ1) is 9.13. The Balaban J connectivity index is 2.78. The molecule has 0 aliphatic carbocycles. The van der Waals surface area contributed by atoms with Crippen molar-refractivity contribution in [3.8, 4) is 12.3 Å². The summed E-state index contributed by atoms with van der Waals surface area (Å²) in [5.41, 5.74) is 5.91. The van der Waals surface area contributed by atoms with E-state index in [2.05, 4.69) is 16.3 Å². The van der Waals surface area contributed by atoms with E-state index in [4.69, 9.17) is 12.2 Å². The predicted molar refractivity (Wildman–Crippen MR) is 48.8 cm³/mol. The van der Waals surface area contributed by atoms with Gasteiger partial charge in [0.15, 0.2) is 0 Å². The number of amides is 1. The molecule has 0 bridgehead atoms. The van der Waals surface area contributed by atoms with E-state index < -0.39 is 0 Å². The van der Waals surface area contributed by atoms with Crippen LogP contribution >= 0.6 is 0 Å². The fraction of sp³-hybridized carbons (Fsp3) is 0.250. The molecule has 68 valence electrons. The van der Waals surface area contributed by atoms with Crippen molar-refractivity contribution < 1.29 is 4.79 Å². The summed E-state index contributed by atoms with van der Waals surface area (Å²) in [5, 5.41) is 6.32. The second-order valence-electron chi connectivity index (χ2n) is 2.45. The van der Waals surface area contributed by atoms with Crippen LogP contribution in [0.3, 0.4) is 0 Å². The predicted octanol–water partition coefficient (Wildman–Crippen LogP) is -0.635. The fourth-order valence-corrected chi connectivity index (χ4v) is 0.848. The van der Waals surface area contributed by atoms with Crippen LogP contribution in [0.15, 0.2) is 6.20 Å².